The molecule has 0 saturated carbocycles. The van der Waals surface area contributed by atoms with Crippen LogP contribution >= 0.6 is 0 Å². The van der Waals surface area contributed by atoms with Gasteiger partial charge in [0.15, 0.2) is 0 Å². The van der Waals surface area contributed by atoms with E-state index in [9.17, 15) is 0 Å². The fourth-order valence-electron chi connectivity index (χ4n) is 0. The minimum atomic E-state index is 0. The van der Waals surface area contributed by atoms with Crippen molar-refractivity contribution in [1.82, 2.24) is 0 Å². The van der Waals surface area contributed by atoms with Gasteiger partial charge < -0.3 is 11.0 Å². The van der Waals surface area contributed by atoms with Crippen molar-refractivity contribution in [1.29, 1.82) is 0 Å². The summed E-state index contributed by atoms with van der Waals surface area (Å²) >= 11 is 0. The van der Waals surface area contributed by atoms with Gasteiger partial charge in [0.05, 0.1) is 0 Å². The van der Waals surface area contributed by atoms with Crippen molar-refractivity contribution in [2.75, 3.05) is 0 Å². The Balaban J connectivity index is 0. The summed E-state index contributed by atoms with van der Waals surface area (Å²) in [5, 5.41) is 0. The number of rotatable bonds is 0. The molecule has 0 aromatic rings. The molecule has 0 amide bonds. The van der Waals surface area contributed by atoms with Crippen molar-refractivity contribution in [3.8, 4) is 0 Å². The third-order valence-corrected chi connectivity index (χ3v) is 0. The molecule has 0 aliphatic rings. The molecular formula is BiHfO2. The van der Waals surface area contributed by atoms with Crippen molar-refractivity contribution >= 4 is 26.2 Å². The monoisotopic (exact) mass is 421 g/mol. The average Bonchev–Trinajstić information content (AvgIpc) is 0. The van der Waals surface area contributed by atoms with Crippen LogP contribution in [0, 0.1) is 0 Å². The van der Waals surface area contributed by atoms with Gasteiger partial charge in [0.25, 0.3) is 0 Å². The second kappa shape index (κ2) is 22.5. The molecule has 0 aromatic carbocycles. The quantitative estimate of drug-likeness (QED) is 0.470. The van der Waals surface area contributed by atoms with E-state index < -0.39 is 0 Å². The molecule has 3 radical (unpaired) electrons. The first-order valence-electron chi connectivity index (χ1n) is 0. The van der Waals surface area contributed by atoms with Crippen LogP contribution in [0.2, 0.25) is 0 Å². The minimum Gasteiger partial charge on any atom is -2.00 e. The first kappa shape index (κ1) is 44.3. The fraction of sp³-hybridized carbons (Fsp3) is 0. The van der Waals surface area contributed by atoms with E-state index in [0.29, 0.717) is 0 Å². The molecule has 0 spiro atoms. The Kier molecular flexibility index (Phi) is 249. The van der Waals surface area contributed by atoms with E-state index in [1.54, 1.807) is 0 Å². The number of hydrogen-bond acceptors (Lipinski definition) is 0. The van der Waals surface area contributed by atoms with Crippen molar-refractivity contribution < 1.29 is 36.8 Å². The molecule has 0 fully saturated rings. The third kappa shape index (κ3) is 9.38. The second-order valence-corrected chi connectivity index (χ2v) is 0. The maximum atomic E-state index is 0. The zero-order chi connectivity index (χ0) is 0. The minimum absolute atomic E-state index is 0. The Morgan fingerprint density at radius 2 is 0.750 bits per heavy atom. The van der Waals surface area contributed by atoms with Crippen LogP contribution in [0.25, 0.3) is 0 Å². The van der Waals surface area contributed by atoms with Gasteiger partial charge in [-0.1, -0.05) is 0 Å². The molecule has 0 heterocycles. The molecule has 0 aliphatic carbocycles. The molecule has 0 atom stereocenters. The van der Waals surface area contributed by atoms with E-state index in [2.05, 4.69) is 0 Å². The van der Waals surface area contributed by atoms with Crippen LogP contribution in [0.5, 0.6) is 0 Å². The van der Waals surface area contributed by atoms with E-state index in [0.717, 1.165) is 0 Å². The van der Waals surface area contributed by atoms with Crippen LogP contribution < -0.4 is 0 Å². The van der Waals surface area contributed by atoms with Gasteiger partial charge in [-0.05, 0) is 0 Å². The van der Waals surface area contributed by atoms with Gasteiger partial charge in [-0.15, -0.1) is 0 Å². The van der Waals surface area contributed by atoms with Crippen molar-refractivity contribution in [2.24, 2.45) is 0 Å². The Bertz CT molecular complexity index is 6.00. The third-order valence-electron chi connectivity index (χ3n) is 0. The van der Waals surface area contributed by atoms with Gasteiger partial charge in [-0.25, -0.2) is 0 Å². The maximum absolute atomic E-state index is 0. The summed E-state index contributed by atoms with van der Waals surface area (Å²) in [5.41, 5.74) is 0. The first-order chi connectivity index (χ1) is 0. The predicted octanol–water partition coefficient (Wildman–Crippen LogP) is -0.621. The van der Waals surface area contributed by atoms with E-state index >= 15 is 0 Å². The van der Waals surface area contributed by atoms with Crippen molar-refractivity contribution in [3.63, 3.8) is 0 Å². The number of hydrogen-bond donors (Lipinski definition) is 0. The Morgan fingerprint density at radius 1 is 0.750 bits per heavy atom. The van der Waals surface area contributed by atoms with Crippen molar-refractivity contribution in [3.05, 3.63) is 0 Å². The largest absolute Gasteiger partial charge is 4.00 e. The smallest absolute Gasteiger partial charge is 2.00 e. The van der Waals surface area contributed by atoms with Crippen LogP contribution in [-0.4, -0.2) is 26.2 Å². The van der Waals surface area contributed by atoms with Crippen LogP contribution in [0.3, 0.4) is 0 Å². The first-order valence-corrected chi connectivity index (χ1v) is 0. The SMILES string of the molecule is [Bi].[Hf+4].[O-2].[O-2]. The van der Waals surface area contributed by atoms with Gasteiger partial charge in [-0.2, -0.15) is 0 Å². The summed E-state index contributed by atoms with van der Waals surface area (Å²) in [4.78, 5) is 0. The molecule has 0 unspecified atom stereocenters. The molecular weight excluding hydrogens is 419 g/mol. The normalized spacial score (nSPS) is 0. The van der Waals surface area contributed by atoms with E-state index in [-0.39, 0.29) is 63.0 Å². The van der Waals surface area contributed by atoms with E-state index in [1.807, 2.05) is 0 Å². The topological polar surface area (TPSA) is 57.0 Å². The molecule has 0 saturated heterocycles. The van der Waals surface area contributed by atoms with Crippen molar-refractivity contribution in [2.45, 2.75) is 0 Å². The van der Waals surface area contributed by atoms with Gasteiger partial charge in [0.2, 0.25) is 0 Å². The van der Waals surface area contributed by atoms with Crippen LogP contribution in [-0.2, 0) is 36.8 Å². The Morgan fingerprint density at radius 3 is 0.750 bits per heavy atom. The summed E-state index contributed by atoms with van der Waals surface area (Å²) in [5.74, 6) is 0. The summed E-state index contributed by atoms with van der Waals surface area (Å²) in [6, 6.07) is 0. The van der Waals surface area contributed by atoms with Gasteiger partial charge in [-0.3, -0.25) is 0 Å². The molecule has 21 valence electrons. The van der Waals surface area contributed by atoms with Crippen LogP contribution in [0.15, 0.2) is 0 Å². The molecule has 4 heteroatoms. The molecule has 2 nitrogen and oxygen atoms in total. The molecule has 4 heavy (non-hydrogen) atoms. The van der Waals surface area contributed by atoms with Gasteiger partial charge in [0, 0.05) is 26.2 Å². The molecule has 0 N–H and O–H groups in total. The molecule has 0 aromatic heterocycles. The predicted molar refractivity (Wildman–Crippen MR) is 7.13 cm³/mol. The maximum Gasteiger partial charge on any atom is 4.00 e. The summed E-state index contributed by atoms with van der Waals surface area (Å²) in [7, 11) is 0. The molecule has 0 bridgehead atoms. The average molecular weight is 419 g/mol. The zero-order valence-electron chi connectivity index (χ0n) is 1.76. The molecule has 0 aliphatic heterocycles. The Hall–Kier alpha value is 1.67. The Labute approximate surface area is 62.5 Å². The van der Waals surface area contributed by atoms with E-state index in [1.165, 1.54) is 0 Å². The fourth-order valence-corrected chi connectivity index (χ4v) is 0. The molecule has 0 rings (SSSR count). The standard InChI is InChI=1S/Bi.Hf.2O/q;+4;2*-2. The second-order valence-electron chi connectivity index (χ2n) is 0. The van der Waals surface area contributed by atoms with Crippen LogP contribution in [0.1, 0.15) is 0 Å². The summed E-state index contributed by atoms with van der Waals surface area (Å²) in [6.07, 6.45) is 0. The summed E-state index contributed by atoms with van der Waals surface area (Å²) < 4.78 is 0. The van der Waals surface area contributed by atoms with Gasteiger partial charge >= 0.3 is 25.8 Å². The van der Waals surface area contributed by atoms with E-state index in [4.69, 9.17) is 0 Å². The van der Waals surface area contributed by atoms with Crippen LogP contribution in [0.4, 0.5) is 0 Å². The summed E-state index contributed by atoms with van der Waals surface area (Å²) in [6.45, 7) is 0. The zero-order valence-corrected chi connectivity index (χ0v) is 8.83. The van der Waals surface area contributed by atoms with Gasteiger partial charge in [0.1, 0.15) is 0 Å².